The molecule has 6 N–H and O–H groups in total. The van der Waals surface area contributed by atoms with Crippen molar-refractivity contribution in [2.24, 2.45) is 0 Å². The number of aromatic nitrogens is 9. The number of pyridine rings is 9. The van der Waals surface area contributed by atoms with E-state index in [1.54, 1.807) is 87.0 Å². The first-order chi connectivity index (χ1) is 64.0. The zero-order valence-electron chi connectivity index (χ0n) is 73.2. The van der Waals surface area contributed by atoms with E-state index in [0.29, 0.717) is 50.8 Å². The van der Waals surface area contributed by atoms with E-state index in [2.05, 4.69) is 49.6 Å². The molecule has 3 saturated heterocycles. The van der Waals surface area contributed by atoms with E-state index in [0.717, 1.165) is 0 Å². The third-order valence-electron chi connectivity index (χ3n) is 23.2. The Morgan fingerprint density at radius 2 is 0.600 bits per heavy atom. The molecule has 0 radical (unpaired) electrons. The van der Waals surface area contributed by atoms with Crippen LogP contribution in [0.2, 0.25) is 30.1 Å². The second-order valence-corrected chi connectivity index (χ2v) is 34.6. The number of halogens is 15. The van der Waals surface area contributed by atoms with Gasteiger partial charge in [-0.15, -0.1) is 0 Å². The molecule has 0 aliphatic carbocycles. The van der Waals surface area contributed by atoms with Crippen LogP contribution in [0.1, 0.15) is 110 Å². The minimum atomic E-state index is -1.67. The number of nitrogens with zero attached hydrogens (tertiary/aromatic N) is 18. The second kappa shape index (κ2) is 39.4. The van der Waals surface area contributed by atoms with E-state index in [1.807, 2.05) is 59.8 Å². The molecular weight excluding hydrogens is 1890 g/mol. The predicted molar refractivity (Wildman–Crippen MR) is 502 cm³/mol. The smallest absolute Gasteiger partial charge is 0.276 e. The summed E-state index contributed by atoms with van der Waals surface area (Å²) in [6.07, 6.45) is 8.36. The molecule has 9 aromatic heterocycles. The number of anilines is 6. The minimum Gasteiger partial charge on any atom is -0.396 e. The molecule has 696 valence electrons. The van der Waals surface area contributed by atoms with Gasteiger partial charge in [0.05, 0.1) is 117 Å². The van der Waals surface area contributed by atoms with E-state index >= 15 is 13.2 Å². The molecule has 12 heterocycles. The number of nitrogens with two attached hydrogens (primary N) is 3. The van der Waals surface area contributed by atoms with Gasteiger partial charge in [0.25, 0.3) is 16.7 Å². The highest BCUT2D eigenvalue weighted by Crippen LogP contribution is 2.48. The second-order valence-electron chi connectivity index (χ2n) is 32.2. The summed E-state index contributed by atoms with van der Waals surface area (Å²) in [5.41, 5.74) is 13.2. The van der Waals surface area contributed by atoms with Crippen molar-refractivity contribution in [2.45, 2.75) is 80.1 Å². The van der Waals surface area contributed by atoms with Crippen molar-refractivity contribution in [3.63, 3.8) is 0 Å². The number of amides is 3. The Morgan fingerprint density at radius 1 is 0.378 bits per heavy atom. The summed E-state index contributed by atoms with van der Waals surface area (Å²) in [4.78, 5) is 117. The van der Waals surface area contributed by atoms with E-state index in [-0.39, 0.29) is 196 Å². The van der Waals surface area contributed by atoms with Crippen LogP contribution < -0.4 is 48.6 Å². The van der Waals surface area contributed by atoms with Gasteiger partial charge < -0.3 is 46.6 Å². The lowest BCUT2D eigenvalue weighted by Gasteiger charge is -2.36. The highest BCUT2D eigenvalue weighted by molar-refractivity contribution is 6.36. The standard InChI is InChI=1S/3C31H26Cl2F3N7O2/c3*1-5-19(44)41-8-10-42(11-9-41)29-16-12-18(32)27(20-22(34)21(33)23(35)24(36)25(20)38)40-30(16)43(31(45)17(29)13-37)28-15(4)6-7-39-26(28)14(2)3/h3*5-7,12,14H,1,8-11,38H2,2-4H3. The van der Waals surface area contributed by atoms with Gasteiger partial charge in [-0.3, -0.25) is 57.4 Å². The molecule has 3 aliphatic rings. The zero-order chi connectivity index (χ0) is 98.7. The Bertz CT molecular complexity index is 6650. The Kier molecular flexibility index (Phi) is 28.8. The average Bonchev–Trinajstić information content (AvgIpc) is 0.728. The van der Waals surface area contributed by atoms with Crippen molar-refractivity contribution in [3.8, 4) is 69.0 Å². The van der Waals surface area contributed by atoms with Crippen LogP contribution in [-0.4, -0.2) is 155 Å². The molecular formula is C93H78Cl6F9N21O6. The Hall–Kier alpha value is -13.8. The molecule has 3 aliphatic heterocycles. The van der Waals surface area contributed by atoms with E-state index in [9.17, 15) is 70.9 Å². The predicted octanol–water partition coefficient (Wildman–Crippen LogP) is 17.7. The maximum absolute atomic E-state index is 15.4. The lowest BCUT2D eigenvalue weighted by Crippen LogP contribution is -2.49. The quantitative estimate of drug-likeness (QED) is 0.0282. The van der Waals surface area contributed by atoms with Crippen molar-refractivity contribution in [1.82, 2.24) is 58.3 Å². The maximum atomic E-state index is 15.4. The van der Waals surface area contributed by atoms with Crippen molar-refractivity contribution in [1.29, 1.82) is 15.8 Å². The first kappa shape index (κ1) is 98.7. The van der Waals surface area contributed by atoms with Crippen LogP contribution in [0, 0.1) is 107 Å². The molecule has 0 bridgehead atoms. The van der Waals surface area contributed by atoms with Crippen molar-refractivity contribution in [3.05, 3.63) is 257 Å². The topological polar surface area (TPSA) is 363 Å². The fourth-order valence-electron chi connectivity index (χ4n) is 16.6. The van der Waals surface area contributed by atoms with Gasteiger partial charge in [0, 0.05) is 113 Å². The van der Waals surface area contributed by atoms with Crippen LogP contribution in [0.25, 0.3) is 83.9 Å². The molecule has 15 rings (SSSR count). The number of carbonyl (C=O) groups excluding carboxylic acids is 3. The van der Waals surface area contributed by atoms with Gasteiger partial charge in [-0.05, 0) is 110 Å². The summed E-state index contributed by atoms with van der Waals surface area (Å²) in [5, 5.41) is 27.6. The van der Waals surface area contributed by atoms with Gasteiger partial charge in [-0.25, -0.2) is 54.5 Å². The normalized spacial score (nSPS) is 13.4. The fraction of sp³-hybridized carbons (Fsp3) is 0.258. The average molecular weight is 1970 g/mol. The Balaban J connectivity index is 0.000000171. The molecule has 135 heavy (non-hydrogen) atoms. The molecule has 0 atom stereocenters. The summed E-state index contributed by atoms with van der Waals surface area (Å²) < 4.78 is 137. The number of hydrogen-bond acceptors (Lipinski definition) is 21. The SMILES string of the molecule is C=CC(=O)N1CCN(c2c(C#N)c(=O)n(-c3c(C)ccnc3C(C)C)c3nc(-c4c(N)c(F)c(F)c(Cl)c4F)c(Cl)cc23)CC1.C=CC(=O)N1CCN(c2c(C#N)c(=O)n(-c3c(C)ccnc3C(C)C)c3nc(-c4c(N)c(F)c(F)c(Cl)c4F)c(Cl)cc23)CC1.C=CC(=O)N1CCN(c2c(C#N)c(=O)n(-c3c(C)ccnc3C(C)C)c3nc(-c4c(N)c(F)c(F)c(Cl)c4F)c(Cl)cc23)CC1. The minimum absolute atomic E-state index is 0.0735. The van der Waals surface area contributed by atoms with E-state index in [4.69, 9.17) is 86.8 Å². The molecule has 3 amide bonds. The molecule has 12 aromatic rings. The molecule has 27 nitrogen and oxygen atoms in total. The Morgan fingerprint density at radius 3 is 0.800 bits per heavy atom. The molecule has 0 saturated carbocycles. The maximum Gasteiger partial charge on any atom is 0.276 e. The van der Waals surface area contributed by atoms with E-state index in [1.165, 1.54) is 50.1 Å². The summed E-state index contributed by atoms with van der Waals surface area (Å²) >= 11 is 37.3. The van der Waals surface area contributed by atoms with Crippen LogP contribution in [0.5, 0.6) is 0 Å². The first-order valence-corrected chi connectivity index (χ1v) is 43.6. The number of hydrogen-bond donors (Lipinski definition) is 3. The van der Waals surface area contributed by atoms with Crippen molar-refractivity contribution >= 4 is 155 Å². The molecule has 3 aromatic carbocycles. The highest BCUT2D eigenvalue weighted by Gasteiger charge is 2.38. The van der Waals surface area contributed by atoms with Crippen LogP contribution in [0.15, 0.2) is 107 Å². The van der Waals surface area contributed by atoms with Crippen molar-refractivity contribution < 1.29 is 53.9 Å². The number of piperazine rings is 3. The van der Waals surface area contributed by atoms with Crippen molar-refractivity contribution in [2.75, 3.05) is 110 Å². The third kappa shape index (κ3) is 17.5. The molecule has 42 heteroatoms. The number of aryl methyl sites for hydroxylation is 3. The van der Waals surface area contributed by atoms with Gasteiger partial charge in [0.1, 0.15) is 66.9 Å². The summed E-state index contributed by atoms with van der Waals surface area (Å²) in [5.74, 6) is -15.3. The monoisotopic (exact) mass is 1970 g/mol. The van der Waals surface area contributed by atoms with Crippen LogP contribution in [0.3, 0.4) is 0 Å². The lowest BCUT2D eigenvalue weighted by molar-refractivity contribution is -0.127. The van der Waals surface area contributed by atoms with Gasteiger partial charge in [-0.2, -0.15) is 15.8 Å². The summed E-state index contributed by atoms with van der Waals surface area (Å²) in [6.45, 7) is 30.2. The molecule has 0 unspecified atom stereocenters. The summed E-state index contributed by atoms with van der Waals surface area (Å²) in [7, 11) is 0. The van der Waals surface area contributed by atoms with Gasteiger partial charge in [0.2, 0.25) is 17.7 Å². The van der Waals surface area contributed by atoms with Gasteiger partial charge >= 0.3 is 0 Å². The number of nitrogen functional groups attached to an aromatic ring is 3. The number of benzene rings is 3. The first-order valence-electron chi connectivity index (χ1n) is 41.3. The number of carbonyl (C=O) groups is 3. The Labute approximate surface area is 794 Å². The highest BCUT2D eigenvalue weighted by atomic mass is 35.5. The molecule has 0 spiro atoms. The lowest BCUT2D eigenvalue weighted by atomic mass is 10.0. The fourth-order valence-corrected chi connectivity index (χ4v) is 17.8. The van der Waals surface area contributed by atoms with Crippen LogP contribution in [0.4, 0.5) is 73.6 Å². The number of rotatable bonds is 15. The van der Waals surface area contributed by atoms with Gasteiger partial charge in [-0.1, -0.05) is 131 Å². The van der Waals surface area contributed by atoms with Gasteiger partial charge in [0.15, 0.2) is 52.4 Å². The number of nitriles is 3. The third-order valence-corrected chi connectivity index (χ3v) is 25.1. The van der Waals surface area contributed by atoms with Crippen LogP contribution in [-0.2, 0) is 14.4 Å². The molecule has 3 fully saturated rings. The number of fused-ring (bicyclic) bond motifs is 3. The zero-order valence-corrected chi connectivity index (χ0v) is 77.7. The largest absolute Gasteiger partial charge is 0.396 e. The van der Waals surface area contributed by atoms with Crippen LogP contribution >= 0.6 is 69.6 Å². The summed E-state index contributed by atoms with van der Waals surface area (Å²) in [6, 6.07) is 15.2. The van der Waals surface area contributed by atoms with E-state index < -0.39 is 135 Å².